The van der Waals surface area contributed by atoms with Crippen molar-refractivity contribution in [3.05, 3.63) is 64.7 Å². The van der Waals surface area contributed by atoms with Crippen LogP contribution < -0.4 is 5.32 Å². The number of nitrogens with one attached hydrogen (secondary N) is 1. The summed E-state index contributed by atoms with van der Waals surface area (Å²) in [6, 6.07) is 14.7. The second kappa shape index (κ2) is 9.09. The van der Waals surface area contributed by atoms with Gasteiger partial charge in [-0.15, -0.1) is 0 Å². The second-order valence-electron chi connectivity index (χ2n) is 7.15. The number of rotatable bonds is 6. The molecule has 2 atom stereocenters. The molecule has 3 rings (SSSR count). The Hall–Kier alpha value is -2.86. The van der Waals surface area contributed by atoms with E-state index < -0.39 is 24.4 Å². The topological polar surface area (TPSA) is 75.7 Å². The van der Waals surface area contributed by atoms with Gasteiger partial charge in [0.2, 0.25) is 5.91 Å². The molecule has 2 aromatic carbocycles. The number of esters is 1. The molecule has 6 nitrogen and oxygen atoms in total. The molecule has 0 spiro atoms. The van der Waals surface area contributed by atoms with Crippen LogP contribution in [0.4, 0.5) is 5.69 Å². The van der Waals surface area contributed by atoms with Gasteiger partial charge in [0.05, 0.1) is 12.0 Å². The van der Waals surface area contributed by atoms with Crippen LogP contribution in [0, 0.1) is 12.8 Å². The molecule has 152 valence electrons. The summed E-state index contributed by atoms with van der Waals surface area (Å²) in [5.41, 5.74) is 2.42. The first kappa shape index (κ1) is 20.9. The first-order chi connectivity index (χ1) is 13.8. The maximum absolute atomic E-state index is 12.4. The lowest BCUT2D eigenvalue weighted by Gasteiger charge is -2.25. The fraction of sp³-hybridized carbons (Fsp3) is 0.318. The van der Waals surface area contributed by atoms with Gasteiger partial charge in [-0.05, 0) is 37.1 Å². The lowest BCUT2D eigenvalue weighted by atomic mass is 10.1. The van der Waals surface area contributed by atoms with Gasteiger partial charge in [0.1, 0.15) is 0 Å². The lowest BCUT2D eigenvalue weighted by molar-refractivity contribution is -0.151. The number of halogens is 1. The molecule has 0 aromatic heterocycles. The Bertz CT molecular complexity index is 916. The molecule has 0 bridgehead atoms. The summed E-state index contributed by atoms with van der Waals surface area (Å²) in [5.74, 6) is -1.67. The van der Waals surface area contributed by atoms with Crippen LogP contribution in [-0.4, -0.2) is 35.8 Å². The van der Waals surface area contributed by atoms with Crippen LogP contribution in [0.1, 0.15) is 30.5 Å². The largest absolute Gasteiger partial charge is 0.455 e. The summed E-state index contributed by atoms with van der Waals surface area (Å²) in [5, 5.41) is 3.18. The summed E-state index contributed by atoms with van der Waals surface area (Å²) in [4.78, 5) is 38.5. The molecule has 1 aliphatic heterocycles. The average Bonchev–Trinajstić information content (AvgIpc) is 3.10. The van der Waals surface area contributed by atoms with E-state index in [1.807, 2.05) is 44.2 Å². The van der Waals surface area contributed by atoms with Crippen molar-refractivity contribution >= 4 is 35.1 Å². The van der Waals surface area contributed by atoms with Gasteiger partial charge in [0.15, 0.2) is 6.61 Å². The predicted octanol–water partition coefficient (Wildman–Crippen LogP) is 3.74. The highest BCUT2D eigenvalue weighted by molar-refractivity contribution is 6.31. The minimum Gasteiger partial charge on any atom is -0.455 e. The quantitative estimate of drug-likeness (QED) is 0.730. The Morgan fingerprint density at radius 1 is 1.24 bits per heavy atom. The van der Waals surface area contributed by atoms with Gasteiger partial charge < -0.3 is 15.0 Å². The fourth-order valence-corrected chi connectivity index (χ4v) is 3.52. The highest BCUT2D eigenvalue weighted by atomic mass is 35.5. The number of hydrogen-bond donors (Lipinski definition) is 1. The van der Waals surface area contributed by atoms with E-state index in [0.717, 1.165) is 11.1 Å². The Morgan fingerprint density at radius 3 is 2.69 bits per heavy atom. The van der Waals surface area contributed by atoms with Gasteiger partial charge in [-0.25, -0.2) is 0 Å². The predicted molar refractivity (Wildman–Crippen MR) is 110 cm³/mol. The van der Waals surface area contributed by atoms with E-state index in [-0.39, 0.29) is 24.9 Å². The molecule has 0 unspecified atom stereocenters. The molecule has 0 radical (unpaired) electrons. The molecule has 1 aliphatic rings. The summed E-state index contributed by atoms with van der Waals surface area (Å²) < 4.78 is 5.15. The Balaban J connectivity index is 1.53. The zero-order valence-electron chi connectivity index (χ0n) is 16.4. The van der Waals surface area contributed by atoms with Crippen molar-refractivity contribution in [1.29, 1.82) is 0 Å². The van der Waals surface area contributed by atoms with Gasteiger partial charge in [-0.3, -0.25) is 14.4 Å². The van der Waals surface area contributed by atoms with Gasteiger partial charge >= 0.3 is 5.97 Å². The van der Waals surface area contributed by atoms with Crippen molar-refractivity contribution in [2.45, 2.75) is 26.3 Å². The zero-order valence-corrected chi connectivity index (χ0v) is 17.1. The standard InChI is InChI=1S/C22H23ClN2O4/c1-14-8-9-18(23)11-19(14)24-20(26)13-29-22(28)17-10-21(27)25(12-17)15(2)16-6-4-3-5-7-16/h3-9,11,15,17H,10,12-13H2,1-2H3,(H,24,26)/t15-,17-/m1/s1. The number of ether oxygens (including phenoxy) is 1. The van der Waals surface area contributed by atoms with E-state index in [1.54, 1.807) is 23.1 Å². The minimum absolute atomic E-state index is 0.0883. The van der Waals surface area contributed by atoms with Crippen molar-refractivity contribution in [2.24, 2.45) is 5.92 Å². The van der Waals surface area contributed by atoms with E-state index in [2.05, 4.69) is 5.32 Å². The molecule has 1 heterocycles. The molecule has 0 saturated carbocycles. The van der Waals surface area contributed by atoms with Crippen LogP contribution in [0.15, 0.2) is 48.5 Å². The number of amides is 2. The van der Waals surface area contributed by atoms with E-state index >= 15 is 0 Å². The van der Waals surface area contributed by atoms with Gasteiger partial charge in [0, 0.05) is 23.7 Å². The Morgan fingerprint density at radius 2 is 1.97 bits per heavy atom. The van der Waals surface area contributed by atoms with Crippen LogP contribution in [0.25, 0.3) is 0 Å². The van der Waals surface area contributed by atoms with Crippen LogP contribution in [0.5, 0.6) is 0 Å². The highest BCUT2D eigenvalue weighted by Crippen LogP contribution is 2.29. The highest BCUT2D eigenvalue weighted by Gasteiger charge is 2.38. The number of hydrogen-bond acceptors (Lipinski definition) is 4. The monoisotopic (exact) mass is 414 g/mol. The summed E-state index contributed by atoms with van der Waals surface area (Å²) in [6.45, 7) is 3.64. The third-order valence-corrected chi connectivity index (χ3v) is 5.30. The van der Waals surface area contributed by atoms with Crippen LogP contribution in [-0.2, 0) is 19.1 Å². The SMILES string of the molecule is Cc1ccc(Cl)cc1NC(=O)COC(=O)[C@@H]1CC(=O)N([C@H](C)c2ccccc2)C1. The van der Waals surface area contributed by atoms with Gasteiger partial charge in [0.25, 0.3) is 5.91 Å². The third kappa shape index (κ3) is 5.15. The Labute approximate surface area is 174 Å². The molecule has 1 N–H and O–H groups in total. The number of likely N-dealkylation sites (tertiary alicyclic amines) is 1. The van der Waals surface area contributed by atoms with E-state index in [0.29, 0.717) is 10.7 Å². The van der Waals surface area contributed by atoms with Crippen molar-refractivity contribution in [1.82, 2.24) is 4.90 Å². The third-order valence-electron chi connectivity index (χ3n) is 5.06. The molecule has 7 heteroatoms. The molecule has 29 heavy (non-hydrogen) atoms. The molecule has 0 aliphatic carbocycles. The van der Waals surface area contributed by atoms with E-state index in [9.17, 15) is 14.4 Å². The van der Waals surface area contributed by atoms with Crippen LogP contribution in [0.2, 0.25) is 5.02 Å². The number of benzene rings is 2. The van der Waals surface area contributed by atoms with Gasteiger partial charge in [-0.1, -0.05) is 48.0 Å². The molecular weight excluding hydrogens is 392 g/mol. The average molecular weight is 415 g/mol. The lowest BCUT2D eigenvalue weighted by Crippen LogP contribution is -2.30. The van der Waals surface area contributed by atoms with Gasteiger partial charge in [-0.2, -0.15) is 0 Å². The molecule has 2 aromatic rings. The number of carbonyl (C=O) groups excluding carboxylic acids is 3. The summed E-state index contributed by atoms with van der Waals surface area (Å²) >= 11 is 5.94. The summed E-state index contributed by atoms with van der Waals surface area (Å²) in [6.07, 6.45) is 0.0883. The molecule has 2 amide bonds. The number of carbonyl (C=O) groups is 3. The van der Waals surface area contributed by atoms with Crippen LogP contribution >= 0.6 is 11.6 Å². The van der Waals surface area contributed by atoms with Crippen molar-refractivity contribution < 1.29 is 19.1 Å². The zero-order chi connectivity index (χ0) is 21.0. The fourth-order valence-electron chi connectivity index (χ4n) is 3.35. The number of anilines is 1. The molecule has 1 saturated heterocycles. The van der Waals surface area contributed by atoms with E-state index in [4.69, 9.17) is 16.3 Å². The maximum atomic E-state index is 12.4. The van der Waals surface area contributed by atoms with E-state index in [1.165, 1.54) is 0 Å². The first-order valence-electron chi connectivity index (χ1n) is 9.42. The minimum atomic E-state index is -0.575. The second-order valence-corrected chi connectivity index (χ2v) is 7.59. The Kier molecular flexibility index (Phi) is 6.54. The van der Waals surface area contributed by atoms with Crippen molar-refractivity contribution in [3.8, 4) is 0 Å². The van der Waals surface area contributed by atoms with Crippen molar-refractivity contribution in [3.63, 3.8) is 0 Å². The first-order valence-corrected chi connectivity index (χ1v) is 9.80. The molecular formula is C22H23ClN2O4. The number of nitrogens with zero attached hydrogens (tertiary/aromatic N) is 1. The summed E-state index contributed by atoms with van der Waals surface area (Å²) in [7, 11) is 0. The normalized spacial score (nSPS) is 17.1. The maximum Gasteiger partial charge on any atom is 0.311 e. The smallest absolute Gasteiger partial charge is 0.311 e. The number of aryl methyl sites for hydroxylation is 1. The van der Waals surface area contributed by atoms with Crippen molar-refractivity contribution in [2.75, 3.05) is 18.5 Å². The molecule has 1 fully saturated rings. The van der Waals surface area contributed by atoms with Crippen LogP contribution in [0.3, 0.4) is 0 Å².